The second kappa shape index (κ2) is 5.67. The molecule has 1 heterocycles. The molecule has 3 nitrogen and oxygen atoms in total. The van der Waals surface area contributed by atoms with Crippen molar-refractivity contribution in [3.63, 3.8) is 0 Å². The molecule has 0 radical (unpaired) electrons. The van der Waals surface area contributed by atoms with Crippen molar-refractivity contribution in [3.8, 4) is 0 Å². The minimum absolute atomic E-state index is 0.146. The quantitative estimate of drug-likeness (QED) is 0.652. The average molecular weight is 382 g/mol. The van der Waals surface area contributed by atoms with Crippen molar-refractivity contribution in [1.82, 2.24) is 4.98 Å². The first kappa shape index (κ1) is 14.4. The number of halogens is 2. The number of hydrogen-bond donors (Lipinski definition) is 2. The van der Waals surface area contributed by atoms with Crippen LogP contribution in [-0.2, 0) is 0 Å². The smallest absolute Gasteiger partial charge is 0.188 e. The topological polar surface area (TPSA) is 50.9 Å². The highest BCUT2D eigenvalue weighted by Crippen LogP contribution is 2.32. The summed E-state index contributed by atoms with van der Waals surface area (Å²) in [6.07, 6.45) is 0. The normalized spacial score (nSPS) is 10.8. The number of aromatic nitrogens is 1. The fraction of sp³-hybridized carbons (Fsp3) is 0. The Morgan fingerprint density at radius 2 is 2.05 bits per heavy atom. The number of benzene rings is 2. The molecule has 0 aliphatic heterocycles. The highest BCUT2D eigenvalue weighted by molar-refractivity contribution is 9.10. The first-order chi connectivity index (χ1) is 10.1. The van der Waals surface area contributed by atoms with Gasteiger partial charge in [-0.15, -0.1) is 0 Å². The number of anilines is 2. The molecule has 3 N–H and O–H groups in total. The van der Waals surface area contributed by atoms with Crippen molar-refractivity contribution < 1.29 is 4.39 Å². The Morgan fingerprint density at radius 1 is 1.29 bits per heavy atom. The molecule has 0 fully saturated rings. The standard InChI is InChI=1S/C14H9BrFN3S2/c15-11-7(13(17)20)5-6-9(12(11)16)19-14-18-8-3-1-2-4-10(8)21-14/h1-6H,(H2,17,20)(H,18,19). The van der Waals surface area contributed by atoms with Crippen LogP contribution in [0.4, 0.5) is 15.2 Å². The summed E-state index contributed by atoms with van der Waals surface area (Å²) in [5.41, 5.74) is 7.21. The highest BCUT2D eigenvalue weighted by Gasteiger charge is 2.14. The minimum atomic E-state index is -0.445. The zero-order valence-electron chi connectivity index (χ0n) is 10.6. The van der Waals surface area contributed by atoms with Crippen molar-refractivity contribution in [2.24, 2.45) is 5.73 Å². The van der Waals surface area contributed by atoms with Gasteiger partial charge in [-0.2, -0.15) is 0 Å². The van der Waals surface area contributed by atoms with Crippen molar-refractivity contribution in [3.05, 3.63) is 52.3 Å². The molecule has 0 aliphatic rings. The summed E-state index contributed by atoms with van der Waals surface area (Å²) in [5.74, 6) is -0.445. The van der Waals surface area contributed by atoms with Crippen LogP contribution in [0.1, 0.15) is 5.56 Å². The summed E-state index contributed by atoms with van der Waals surface area (Å²) in [5, 5.41) is 3.62. The third-order valence-corrected chi connectivity index (χ3v) is 4.83. The lowest BCUT2D eigenvalue weighted by molar-refractivity contribution is 0.625. The molecule has 0 amide bonds. The van der Waals surface area contributed by atoms with E-state index in [9.17, 15) is 4.39 Å². The fourth-order valence-corrected chi connectivity index (χ4v) is 3.62. The third kappa shape index (κ3) is 2.76. The summed E-state index contributed by atoms with van der Waals surface area (Å²) >= 11 is 9.52. The Labute approximate surface area is 138 Å². The van der Waals surface area contributed by atoms with Gasteiger partial charge in [-0.25, -0.2) is 9.37 Å². The van der Waals surface area contributed by atoms with E-state index in [2.05, 4.69) is 26.2 Å². The van der Waals surface area contributed by atoms with E-state index >= 15 is 0 Å². The molecule has 0 unspecified atom stereocenters. The molecule has 3 rings (SSSR count). The summed E-state index contributed by atoms with van der Waals surface area (Å²) < 4.78 is 15.6. The number of thiocarbonyl (C=S) groups is 1. The molecule has 0 spiro atoms. The van der Waals surface area contributed by atoms with Gasteiger partial charge in [-0.1, -0.05) is 35.7 Å². The SMILES string of the molecule is NC(=S)c1ccc(Nc2nc3ccccc3s2)c(F)c1Br. The lowest BCUT2D eigenvalue weighted by atomic mass is 10.2. The minimum Gasteiger partial charge on any atom is -0.389 e. The maximum absolute atomic E-state index is 14.3. The number of nitrogens with zero attached hydrogens (tertiary/aromatic N) is 1. The average Bonchev–Trinajstić information content (AvgIpc) is 2.86. The van der Waals surface area contributed by atoms with Gasteiger partial charge in [0, 0.05) is 5.56 Å². The van der Waals surface area contributed by atoms with E-state index in [1.54, 1.807) is 12.1 Å². The van der Waals surface area contributed by atoms with Crippen LogP contribution in [-0.4, -0.2) is 9.97 Å². The van der Waals surface area contributed by atoms with E-state index < -0.39 is 5.82 Å². The van der Waals surface area contributed by atoms with Gasteiger partial charge in [0.2, 0.25) is 0 Å². The van der Waals surface area contributed by atoms with E-state index in [0.717, 1.165) is 10.2 Å². The molecule has 7 heteroatoms. The van der Waals surface area contributed by atoms with Gasteiger partial charge in [0.15, 0.2) is 10.9 Å². The van der Waals surface area contributed by atoms with Crippen LogP contribution in [0, 0.1) is 5.82 Å². The first-order valence-electron chi connectivity index (χ1n) is 5.96. The second-order valence-corrected chi connectivity index (χ2v) is 6.53. The molecule has 2 aromatic carbocycles. The predicted molar refractivity (Wildman–Crippen MR) is 92.9 cm³/mol. The number of fused-ring (bicyclic) bond motifs is 1. The van der Waals surface area contributed by atoms with Gasteiger partial charge in [-0.3, -0.25) is 0 Å². The number of nitrogens with one attached hydrogen (secondary N) is 1. The van der Waals surface area contributed by atoms with E-state index in [0.29, 0.717) is 16.4 Å². The molecule has 106 valence electrons. The highest BCUT2D eigenvalue weighted by atomic mass is 79.9. The molecular formula is C14H9BrFN3S2. The Hall–Kier alpha value is -1.57. The number of hydrogen-bond acceptors (Lipinski definition) is 4. The lowest BCUT2D eigenvalue weighted by Gasteiger charge is -2.09. The van der Waals surface area contributed by atoms with Crippen LogP contribution in [0.25, 0.3) is 10.2 Å². The van der Waals surface area contributed by atoms with E-state index in [-0.39, 0.29) is 9.46 Å². The molecule has 0 atom stereocenters. The van der Waals surface area contributed by atoms with E-state index in [1.165, 1.54) is 11.3 Å². The third-order valence-electron chi connectivity index (χ3n) is 2.88. The first-order valence-corrected chi connectivity index (χ1v) is 7.98. The van der Waals surface area contributed by atoms with Crippen molar-refractivity contribution in [2.45, 2.75) is 0 Å². The summed E-state index contributed by atoms with van der Waals surface area (Å²) in [7, 11) is 0. The van der Waals surface area contributed by atoms with Crippen LogP contribution in [0.5, 0.6) is 0 Å². The molecule has 3 aromatic rings. The van der Waals surface area contributed by atoms with Gasteiger partial charge in [0.25, 0.3) is 0 Å². The van der Waals surface area contributed by atoms with Crippen molar-refractivity contribution in [1.29, 1.82) is 0 Å². The number of thiazole rings is 1. The fourth-order valence-electron chi connectivity index (χ4n) is 1.88. The number of para-hydroxylation sites is 1. The van der Waals surface area contributed by atoms with Gasteiger partial charge in [-0.05, 0) is 40.2 Å². The van der Waals surface area contributed by atoms with E-state index in [1.807, 2.05) is 24.3 Å². The molecule has 1 aromatic heterocycles. The molecule has 0 bridgehead atoms. The molecule has 0 saturated carbocycles. The summed E-state index contributed by atoms with van der Waals surface area (Å²) in [4.78, 5) is 4.56. The van der Waals surface area contributed by atoms with Gasteiger partial charge >= 0.3 is 0 Å². The molecule has 0 aliphatic carbocycles. The summed E-state index contributed by atoms with van der Waals surface area (Å²) in [6.45, 7) is 0. The Bertz CT molecular complexity index is 814. The van der Waals surface area contributed by atoms with Crippen molar-refractivity contribution >= 4 is 65.5 Å². The summed E-state index contributed by atoms with van der Waals surface area (Å²) in [6, 6.07) is 11.0. The molecule has 0 saturated heterocycles. The van der Waals surface area contributed by atoms with Gasteiger partial charge in [0.1, 0.15) is 4.99 Å². The Kier molecular flexibility index (Phi) is 3.88. The maximum atomic E-state index is 14.3. The van der Waals surface area contributed by atoms with Crippen LogP contribution < -0.4 is 11.1 Å². The van der Waals surface area contributed by atoms with Gasteiger partial charge in [0.05, 0.1) is 20.4 Å². The van der Waals surface area contributed by atoms with Crippen LogP contribution >= 0.6 is 39.5 Å². The number of rotatable bonds is 3. The van der Waals surface area contributed by atoms with Crippen LogP contribution in [0.15, 0.2) is 40.9 Å². The molecular weight excluding hydrogens is 373 g/mol. The Morgan fingerprint density at radius 3 is 2.76 bits per heavy atom. The van der Waals surface area contributed by atoms with Gasteiger partial charge < -0.3 is 11.1 Å². The second-order valence-electron chi connectivity index (χ2n) is 4.26. The monoisotopic (exact) mass is 381 g/mol. The maximum Gasteiger partial charge on any atom is 0.188 e. The Balaban J connectivity index is 1.98. The van der Waals surface area contributed by atoms with Crippen LogP contribution in [0.2, 0.25) is 0 Å². The van der Waals surface area contributed by atoms with E-state index in [4.69, 9.17) is 18.0 Å². The largest absolute Gasteiger partial charge is 0.389 e. The number of nitrogens with two attached hydrogens (primary N) is 1. The zero-order valence-corrected chi connectivity index (χ0v) is 13.8. The molecule has 21 heavy (non-hydrogen) atoms. The van der Waals surface area contributed by atoms with Crippen molar-refractivity contribution in [2.75, 3.05) is 5.32 Å². The zero-order chi connectivity index (χ0) is 15.0. The lowest BCUT2D eigenvalue weighted by Crippen LogP contribution is -2.11. The predicted octanol–water partition coefficient (Wildman–Crippen LogP) is 4.58. The van der Waals surface area contributed by atoms with Crippen LogP contribution in [0.3, 0.4) is 0 Å².